The van der Waals surface area contributed by atoms with Gasteiger partial charge < -0.3 is 50.4 Å². The summed E-state index contributed by atoms with van der Waals surface area (Å²) in [6.45, 7) is 17.4. The number of aliphatic hydroxyl groups is 1. The number of rotatable bonds is 15. The smallest absolute Gasteiger partial charge is 0.316 e. The highest BCUT2D eigenvalue weighted by molar-refractivity contribution is 5.99. The number of hydrogen-bond acceptors (Lipinski definition) is 11. The molecule has 2 aliphatic heterocycles. The van der Waals surface area contributed by atoms with Gasteiger partial charge in [-0.05, 0) is 100.0 Å². The number of fused-ring (bicyclic) bond motifs is 4. The Hall–Kier alpha value is -7.15. The maximum Gasteiger partial charge on any atom is 0.316 e. The number of nitrogens with one attached hydrogen (secondary N) is 4. The average Bonchev–Trinajstić information content (AvgIpc) is 3.85. The SMILES string of the molecule is C=CC(C)(C)n1cc(C[C@@H]2NC(=O)[C@H](CC3CCC3)NC(=O)[C@H](CC(C)C)N3CC/C=C\C[C@@H](C3=O)N(C)C(=O)[C@H](C)NC(=O)[C@H](Cc3ccc4nc(OCCO)ncc4c3)NC(=O)[C@H](CC(C)C)N(C)C2=O)c2ccccc21. The molecule has 1 saturated heterocycles. The van der Waals surface area contributed by atoms with E-state index in [2.05, 4.69) is 42.4 Å². The Morgan fingerprint density at radius 2 is 1.47 bits per heavy atom. The Kier molecular flexibility index (Phi) is 19.7. The third-order valence-corrected chi connectivity index (χ3v) is 15.8. The normalized spacial score (nSPS) is 24.3. The Morgan fingerprint density at radius 3 is 2.15 bits per heavy atom. The summed E-state index contributed by atoms with van der Waals surface area (Å²) in [6, 6.07) is 5.04. The van der Waals surface area contributed by atoms with Crippen LogP contribution in [0.15, 0.2) is 79.7 Å². The number of amides is 7. The Bertz CT molecular complexity index is 2910. The molecule has 79 heavy (non-hydrogen) atoms. The van der Waals surface area contributed by atoms with Crippen LogP contribution in [0.5, 0.6) is 6.01 Å². The van der Waals surface area contributed by atoms with Gasteiger partial charge >= 0.3 is 6.01 Å². The molecule has 7 amide bonds. The lowest BCUT2D eigenvalue weighted by atomic mass is 9.80. The summed E-state index contributed by atoms with van der Waals surface area (Å²) in [6.07, 6.45) is 13.1. The van der Waals surface area contributed by atoms with Crippen molar-refractivity contribution in [2.75, 3.05) is 33.9 Å². The summed E-state index contributed by atoms with van der Waals surface area (Å²) in [5, 5.41) is 22.7. The molecule has 1 aliphatic carbocycles. The molecule has 0 spiro atoms. The largest absolute Gasteiger partial charge is 0.461 e. The topological polar surface area (TPSA) is 237 Å². The third-order valence-electron chi connectivity index (χ3n) is 15.8. The molecule has 0 radical (unpaired) electrons. The molecule has 19 heteroatoms. The molecule has 0 unspecified atom stereocenters. The van der Waals surface area contributed by atoms with Gasteiger partial charge in [-0.15, -0.1) is 6.58 Å². The summed E-state index contributed by atoms with van der Waals surface area (Å²) < 4.78 is 7.49. The van der Waals surface area contributed by atoms with Crippen molar-refractivity contribution in [3.05, 3.63) is 90.8 Å². The van der Waals surface area contributed by atoms with Gasteiger partial charge in [0.15, 0.2) is 0 Å². The molecule has 426 valence electrons. The zero-order valence-electron chi connectivity index (χ0n) is 47.5. The summed E-state index contributed by atoms with van der Waals surface area (Å²) in [4.78, 5) is 118. The van der Waals surface area contributed by atoms with Crippen LogP contribution in [0.4, 0.5) is 0 Å². The van der Waals surface area contributed by atoms with Crippen LogP contribution >= 0.6 is 0 Å². The first-order chi connectivity index (χ1) is 37.6. The number of aliphatic hydroxyl groups excluding tert-OH is 1. The lowest BCUT2D eigenvalue weighted by Crippen LogP contribution is -2.61. The number of ether oxygens (including phenoxy) is 1. The van der Waals surface area contributed by atoms with Crippen LogP contribution in [-0.2, 0) is 51.9 Å². The summed E-state index contributed by atoms with van der Waals surface area (Å²) in [7, 11) is 3.02. The number of hydrogen-bond donors (Lipinski definition) is 5. The number of para-hydroxylation sites is 1. The third kappa shape index (κ3) is 14.4. The first-order valence-corrected chi connectivity index (χ1v) is 28.0. The Balaban J connectivity index is 1.35. The molecular weight excluding hydrogens is 1000 g/mol. The van der Waals surface area contributed by atoms with Gasteiger partial charge in [-0.2, -0.15) is 4.98 Å². The molecule has 2 aromatic heterocycles. The van der Waals surface area contributed by atoms with Gasteiger partial charge in [0.2, 0.25) is 41.4 Å². The first-order valence-electron chi connectivity index (χ1n) is 28.0. The molecule has 4 heterocycles. The van der Waals surface area contributed by atoms with Gasteiger partial charge in [0.1, 0.15) is 48.9 Å². The number of nitrogens with zero attached hydrogens (tertiary/aromatic N) is 6. The maximum atomic E-state index is 15.6. The molecule has 19 nitrogen and oxygen atoms in total. The minimum Gasteiger partial charge on any atom is -0.461 e. The van der Waals surface area contributed by atoms with Crippen LogP contribution in [-0.4, -0.2) is 152 Å². The van der Waals surface area contributed by atoms with Crippen molar-refractivity contribution in [2.45, 2.75) is 161 Å². The van der Waals surface area contributed by atoms with Gasteiger partial charge in [0, 0.05) is 62.2 Å². The van der Waals surface area contributed by atoms with E-state index in [9.17, 15) is 14.7 Å². The van der Waals surface area contributed by atoms with E-state index < -0.39 is 89.2 Å². The highest BCUT2D eigenvalue weighted by atomic mass is 16.5. The van der Waals surface area contributed by atoms with E-state index >= 15 is 24.0 Å². The maximum absolute atomic E-state index is 15.6. The lowest BCUT2D eigenvalue weighted by Gasteiger charge is -2.39. The zero-order chi connectivity index (χ0) is 57.3. The minimum absolute atomic E-state index is 0.00805. The van der Waals surface area contributed by atoms with Crippen molar-refractivity contribution in [3.63, 3.8) is 0 Å². The summed E-state index contributed by atoms with van der Waals surface area (Å²) in [5.41, 5.74) is 2.23. The fraction of sp³-hybridized carbons (Fsp3) is 0.550. The van der Waals surface area contributed by atoms with Gasteiger partial charge in [-0.1, -0.05) is 89.5 Å². The van der Waals surface area contributed by atoms with E-state index in [1.54, 1.807) is 24.4 Å². The molecule has 2 aromatic carbocycles. The molecule has 5 N–H and O–H groups in total. The summed E-state index contributed by atoms with van der Waals surface area (Å²) >= 11 is 0. The Labute approximate surface area is 464 Å². The van der Waals surface area contributed by atoms with Crippen LogP contribution in [0.25, 0.3) is 21.8 Å². The van der Waals surface area contributed by atoms with Gasteiger partial charge in [-0.25, -0.2) is 4.98 Å². The van der Waals surface area contributed by atoms with Crippen LogP contribution in [0.3, 0.4) is 0 Å². The highest BCUT2D eigenvalue weighted by Crippen LogP contribution is 2.33. The molecule has 2 bridgehead atoms. The fourth-order valence-corrected chi connectivity index (χ4v) is 10.9. The zero-order valence-corrected chi connectivity index (χ0v) is 47.5. The van der Waals surface area contributed by atoms with Crippen molar-refractivity contribution in [1.29, 1.82) is 0 Å². The lowest BCUT2D eigenvalue weighted by molar-refractivity contribution is -0.150. The van der Waals surface area contributed by atoms with Gasteiger partial charge in [-0.3, -0.25) is 33.6 Å². The van der Waals surface area contributed by atoms with Crippen LogP contribution in [0.2, 0.25) is 0 Å². The number of allylic oxidation sites excluding steroid dienone is 1. The number of carbonyl (C=O) groups is 7. The minimum atomic E-state index is -1.30. The van der Waals surface area contributed by atoms with E-state index in [1.807, 2.05) is 90.2 Å². The Morgan fingerprint density at radius 1 is 0.797 bits per heavy atom. The highest BCUT2D eigenvalue weighted by Gasteiger charge is 2.42. The first kappa shape index (κ1) is 59.5. The van der Waals surface area contributed by atoms with E-state index in [1.165, 1.54) is 35.7 Å². The number of likely N-dealkylation sites (N-methyl/N-ethyl adjacent to an activating group) is 2. The van der Waals surface area contributed by atoms with Crippen molar-refractivity contribution in [3.8, 4) is 6.01 Å². The predicted octanol–water partition coefficient (Wildman–Crippen LogP) is 5.12. The second-order valence-electron chi connectivity index (χ2n) is 23.1. The molecule has 1 saturated carbocycles. The monoisotopic (exact) mass is 1090 g/mol. The van der Waals surface area contributed by atoms with Crippen molar-refractivity contribution < 1.29 is 43.4 Å². The van der Waals surface area contributed by atoms with E-state index in [0.29, 0.717) is 29.3 Å². The average molecular weight is 1090 g/mol. The number of benzene rings is 2. The fourth-order valence-electron chi connectivity index (χ4n) is 10.9. The standard InChI is InChI=1S/C60H82N10O9/c1-11-60(7,8)70-35-42(43-20-14-15-21-48(43)70)33-47-57(77)68(10)50(28-36(2)3)54(74)63-46(32-40-23-24-44-41(30-40)34-61-59(66-44)79-27-26-71)52(72)62-38(6)56(76)67(9)49-22-13-12-16-25-69(58(49)78)51(29-37(4)5)55(75)64-45(53(73)65-47)31-39-18-17-19-39/h11-15,20-21,23-24,30,34-39,45-47,49-51,71H,1,16-19,22,25-29,31-33H2,2-10H3,(H,62,72)(H,63,74)(H,64,75)(H,65,73)/b13-12-/t38-,45-,46-,47-,49-,50-,51-/m0/s1. The van der Waals surface area contributed by atoms with Crippen LogP contribution in [0, 0.1) is 17.8 Å². The van der Waals surface area contributed by atoms with Crippen LogP contribution < -0.4 is 26.0 Å². The van der Waals surface area contributed by atoms with Crippen molar-refractivity contribution in [1.82, 2.24) is 50.5 Å². The van der Waals surface area contributed by atoms with Gasteiger partial charge in [0.25, 0.3) is 0 Å². The van der Waals surface area contributed by atoms with Crippen molar-refractivity contribution in [2.24, 2.45) is 17.8 Å². The molecular formula is C60H82N10O9. The summed E-state index contributed by atoms with van der Waals surface area (Å²) in [5.74, 6) is -4.11. The van der Waals surface area contributed by atoms with Crippen molar-refractivity contribution >= 4 is 63.2 Å². The molecule has 3 aliphatic rings. The quantitative estimate of drug-likeness (QED) is 0.0981. The molecule has 7 atom stereocenters. The van der Waals surface area contributed by atoms with E-state index in [-0.39, 0.29) is 75.6 Å². The number of carbonyl (C=O) groups excluding carboxylic acids is 7. The molecule has 2 fully saturated rings. The van der Waals surface area contributed by atoms with E-state index in [0.717, 1.165) is 35.7 Å². The molecule has 7 rings (SSSR count). The predicted molar refractivity (Wildman–Crippen MR) is 302 cm³/mol. The number of aromatic nitrogens is 3. The van der Waals surface area contributed by atoms with E-state index in [4.69, 9.17) is 4.74 Å². The second-order valence-corrected chi connectivity index (χ2v) is 23.1. The van der Waals surface area contributed by atoms with Gasteiger partial charge in [0.05, 0.1) is 17.7 Å². The van der Waals surface area contributed by atoms with Crippen LogP contribution in [0.1, 0.15) is 111 Å². The molecule has 4 aromatic rings. The second kappa shape index (κ2) is 26.2.